The van der Waals surface area contributed by atoms with Crippen molar-refractivity contribution >= 4 is 27.8 Å². The highest BCUT2D eigenvalue weighted by atomic mass is 79.9. The molecule has 0 radical (unpaired) electrons. The molecule has 0 spiro atoms. The lowest BCUT2D eigenvalue weighted by atomic mass is 10.1. The molecule has 0 saturated carbocycles. The van der Waals surface area contributed by atoms with Gasteiger partial charge < -0.3 is 15.5 Å². The summed E-state index contributed by atoms with van der Waals surface area (Å²) in [6.07, 6.45) is 0.391. The number of benzene rings is 1. The maximum atomic E-state index is 12.3. The molecule has 0 saturated heterocycles. The van der Waals surface area contributed by atoms with Crippen LogP contribution in [-0.2, 0) is 11.3 Å². The fourth-order valence-corrected chi connectivity index (χ4v) is 2.50. The Morgan fingerprint density at radius 2 is 1.96 bits per heavy atom. The van der Waals surface area contributed by atoms with Crippen LogP contribution in [0.3, 0.4) is 0 Å². The topological polar surface area (TPSA) is 56.7 Å². The van der Waals surface area contributed by atoms with Gasteiger partial charge in [0.15, 0.2) is 5.96 Å². The summed E-state index contributed by atoms with van der Waals surface area (Å²) in [7, 11) is 1.82. The van der Waals surface area contributed by atoms with E-state index in [0.717, 1.165) is 22.5 Å². The van der Waals surface area contributed by atoms with Gasteiger partial charge in [0.05, 0.1) is 6.54 Å². The van der Waals surface area contributed by atoms with Crippen molar-refractivity contribution in [3.63, 3.8) is 0 Å². The summed E-state index contributed by atoms with van der Waals surface area (Å²) in [6, 6.07) is 7.94. The lowest BCUT2D eigenvalue weighted by Gasteiger charge is -2.24. The lowest BCUT2D eigenvalue weighted by Crippen LogP contribution is -2.47. The van der Waals surface area contributed by atoms with Gasteiger partial charge >= 0.3 is 0 Å². The third kappa shape index (κ3) is 7.81. The summed E-state index contributed by atoms with van der Waals surface area (Å²) in [4.78, 5) is 18.5. The molecule has 0 aliphatic rings. The second kappa shape index (κ2) is 9.67. The third-order valence-electron chi connectivity index (χ3n) is 3.22. The van der Waals surface area contributed by atoms with Gasteiger partial charge in [-0.05, 0) is 39.3 Å². The summed E-state index contributed by atoms with van der Waals surface area (Å²) < 4.78 is 1.02. The standard InChI is InChI=1S/C18H29BrN4O/c1-6-20-17(22-18(2,3)4)21-12-11-16(24)23(5)13-14-9-7-8-10-15(14)19/h7-10H,6,11-13H2,1-5H3,(H2,20,21,22). The number of guanidine groups is 1. The molecule has 0 aromatic heterocycles. The molecule has 134 valence electrons. The molecule has 0 bridgehead atoms. The number of carbonyl (C=O) groups is 1. The third-order valence-corrected chi connectivity index (χ3v) is 4.00. The number of aliphatic imine (C=N–C) groups is 1. The first-order valence-electron chi connectivity index (χ1n) is 8.27. The lowest BCUT2D eigenvalue weighted by molar-refractivity contribution is -0.130. The van der Waals surface area contributed by atoms with Crippen LogP contribution >= 0.6 is 15.9 Å². The molecule has 1 aromatic rings. The Labute approximate surface area is 154 Å². The van der Waals surface area contributed by atoms with Gasteiger partial charge in [0.1, 0.15) is 0 Å². The number of nitrogens with zero attached hydrogens (tertiary/aromatic N) is 2. The molecular weight excluding hydrogens is 368 g/mol. The SMILES string of the molecule is CCNC(=NCCC(=O)N(C)Cc1ccccc1Br)NC(C)(C)C. The van der Waals surface area contributed by atoms with Crippen LogP contribution in [0.25, 0.3) is 0 Å². The monoisotopic (exact) mass is 396 g/mol. The maximum Gasteiger partial charge on any atom is 0.224 e. The van der Waals surface area contributed by atoms with Gasteiger partial charge in [0.2, 0.25) is 5.91 Å². The summed E-state index contributed by atoms with van der Waals surface area (Å²) in [5.74, 6) is 0.826. The number of halogens is 1. The number of hydrogen-bond acceptors (Lipinski definition) is 2. The molecule has 2 N–H and O–H groups in total. The van der Waals surface area contributed by atoms with Crippen molar-refractivity contribution in [1.29, 1.82) is 0 Å². The van der Waals surface area contributed by atoms with Gasteiger partial charge in [0.25, 0.3) is 0 Å². The predicted molar refractivity (Wildman–Crippen MR) is 104 cm³/mol. The van der Waals surface area contributed by atoms with Crippen LogP contribution in [0.1, 0.15) is 39.7 Å². The Balaban J connectivity index is 2.54. The van der Waals surface area contributed by atoms with Crippen LogP contribution in [0.2, 0.25) is 0 Å². The van der Waals surface area contributed by atoms with E-state index in [1.807, 2.05) is 38.2 Å². The van der Waals surface area contributed by atoms with Crippen molar-refractivity contribution < 1.29 is 4.79 Å². The highest BCUT2D eigenvalue weighted by Crippen LogP contribution is 2.17. The van der Waals surface area contributed by atoms with Crippen molar-refractivity contribution in [2.75, 3.05) is 20.1 Å². The Morgan fingerprint density at radius 1 is 1.29 bits per heavy atom. The zero-order valence-corrected chi connectivity index (χ0v) is 16.9. The molecule has 5 nitrogen and oxygen atoms in total. The van der Waals surface area contributed by atoms with Crippen LogP contribution in [0.5, 0.6) is 0 Å². The van der Waals surface area contributed by atoms with E-state index in [-0.39, 0.29) is 11.4 Å². The van der Waals surface area contributed by atoms with E-state index in [0.29, 0.717) is 19.5 Å². The number of hydrogen-bond donors (Lipinski definition) is 2. The average Bonchev–Trinajstić information content (AvgIpc) is 2.48. The van der Waals surface area contributed by atoms with Crippen LogP contribution in [0, 0.1) is 0 Å². The van der Waals surface area contributed by atoms with Gasteiger partial charge in [-0.15, -0.1) is 0 Å². The first-order valence-corrected chi connectivity index (χ1v) is 9.06. The second-order valence-corrected chi connectivity index (χ2v) is 7.58. The molecule has 6 heteroatoms. The van der Waals surface area contributed by atoms with Gasteiger partial charge in [-0.25, -0.2) is 0 Å². The minimum atomic E-state index is -0.0681. The van der Waals surface area contributed by atoms with Gasteiger partial charge in [0, 0.05) is 36.6 Å². The van der Waals surface area contributed by atoms with Crippen LogP contribution in [0.15, 0.2) is 33.7 Å². The van der Waals surface area contributed by atoms with Crippen LogP contribution < -0.4 is 10.6 Å². The maximum absolute atomic E-state index is 12.3. The number of nitrogens with one attached hydrogen (secondary N) is 2. The first kappa shape index (κ1) is 20.5. The summed E-state index contributed by atoms with van der Waals surface area (Å²) >= 11 is 3.51. The van der Waals surface area contributed by atoms with Crippen LogP contribution in [0.4, 0.5) is 0 Å². The molecule has 1 aromatic carbocycles. The second-order valence-electron chi connectivity index (χ2n) is 6.73. The average molecular weight is 397 g/mol. The number of rotatable bonds is 6. The Bertz CT molecular complexity index is 566. The van der Waals surface area contributed by atoms with Gasteiger partial charge in [-0.2, -0.15) is 0 Å². The summed E-state index contributed by atoms with van der Waals surface area (Å²) in [5.41, 5.74) is 1.03. The molecular formula is C18H29BrN4O. The molecule has 0 fully saturated rings. The molecule has 0 aliphatic carbocycles. The van der Waals surface area contributed by atoms with Crippen molar-refractivity contribution in [3.05, 3.63) is 34.3 Å². The van der Waals surface area contributed by atoms with Crippen LogP contribution in [-0.4, -0.2) is 42.4 Å². The highest BCUT2D eigenvalue weighted by molar-refractivity contribution is 9.10. The van der Waals surface area contributed by atoms with Crippen molar-refractivity contribution in [3.8, 4) is 0 Å². The van der Waals surface area contributed by atoms with E-state index >= 15 is 0 Å². The molecule has 0 heterocycles. The quantitative estimate of drug-likeness (QED) is 0.573. The molecule has 1 rings (SSSR count). The molecule has 0 atom stereocenters. The zero-order chi connectivity index (χ0) is 18.2. The highest BCUT2D eigenvalue weighted by Gasteiger charge is 2.13. The Morgan fingerprint density at radius 3 is 2.54 bits per heavy atom. The molecule has 0 unspecified atom stereocenters. The minimum absolute atomic E-state index is 0.0681. The van der Waals surface area contributed by atoms with E-state index < -0.39 is 0 Å². The smallest absolute Gasteiger partial charge is 0.224 e. The summed E-state index contributed by atoms with van der Waals surface area (Å²) in [6.45, 7) is 10.1. The summed E-state index contributed by atoms with van der Waals surface area (Å²) in [5, 5.41) is 6.51. The number of amides is 1. The van der Waals surface area contributed by atoms with E-state index in [2.05, 4.69) is 52.3 Å². The molecule has 24 heavy (non-hydrogen) atoms. The largest absolute Gasteiger partial charge is 0.357 e. The minimum Gasteiger partial charge on any atom is -0.357 e. The molecule has 0 aliphatic heterocycles. The van der Waals surface area contributed by atoms with E-state index in [1.54, 1.807) is 4.90 Å². The van der Waals surface area contributed by atoms with Gasteiger partial charge in [-0.1, -0.05) is 34.1 Å². The Hall–Kier alpha value is -1.56. The van der Waals surface area contributed by atoms with Crippen molar-refractivity contribution in [2.45, 2.75) is 46.2 Å². The van der Waals surface area contributed by atoms with E-state index in [4.69, 9.17) is 0 Å². The van der Waals surface area contributed by atoms with Crippen molar-refractivity contribution in [1.82, 2.24) is 15.5 Å². The van der Waals surface area contributed by atoms with Crippen molar-refractivity contribution in [2.24, 2.45) is 4.99 Å². The van der Waals surface area contributed by atoms with E-state index in [9.17, 15) is 4.79 Å². The molecule has 1 amide bonds. The fraction of sp³-hybridized carbons (Fsp3) is 0.556. The predicted octanol–water partition coefficient (Wildman–Crippen LogP) is 3.15. The zero-order valence-electron chi connectivity index (χ0n) is 15.3. The fourth-order valence-electron chi connectivity index (χ4n) is 2.09. The van der Waals surface area contributed by atoms with Gasteiger partial charge in [-0.3, -0.25) is 9.79 Å². The first-order chi connectivity index (χ1) is 11.2. The normalized spacial score (nSPS) is 12.0. The Kier molecular flexibility index (Phi) is 8.25. The van der Waals surface area contributed by atoms with E-state index in [1.165, 1.54) is 0 Å². The number of carbonyl (C=O) groups excluding carboxylic acids is 1.